The van der Waals surface area contributed by atoms with Gasteiger partial charge in [-0.3, -0.25) is 19.4 Å². The molecule has 3 heterocycles. The zero-order valence-electron chi connectivity index (χ0n) is 24.7. The van der Waals surface area contributed by atoms with E-state index in [1.807, 2.05) is 80.6 Å². The first-order valence-corrected chi connectivity index (χ1v) is 15.7. The van der Waals surface area contributed by atoms with Gasteiger partial charge in [0.25, 0.3) is 17.7 Å². The van der Waals surface area contributed by atoms with E-state index in [1.165, 1.54) is 14.9 Å². The van der Waals surface area contributed by atoms with Crippen LogP contribution < -0.4 is 4.90 Å². The second kappa shape index (κ2) is 11.5. The van der Waals surface area contributed by atoms with Gasteiger partial charge in [0.2, 0.25) is 0 Å². The number of aryl methyl sites for hydroxylation is 2. The average Bonchev–Trinajstić information content (AvgIpc) is 3.69. The van der Waals surface area contributed by atoms with E-state index in [2.05, 4.69) is 16.4 Å². The summed E-state index contributed by atoms with van der Waals surface area (Å²) in [5.41, 5.74) is 6.04. The molecule has 3 amide bonds. The summed E-state index contributed by atoms with van der Waals surface area (Å²) in [6.07, 6.45) is 4.75. The number of hydrogen-bond acceptors (Lipinski definition) is 7. The topological polar surface area (TPSA) is 98.0 Å². The van der Waals surface area contributed by atoms with Gasteiger partial charge in [0.1, 0.15) is 6.54 Å². The number of benzene rings is 3. The van der Waals surface area contributed by atoms with Gasteiger partial charge in [-0.2, -0.15) is 10.2 Å². The molecule has 4 atom stereocenters. The number of nitrogens with zero attached hydrogens (tertiary/aromatic N) is 6. The normalized spacial score (nSPS) is 24.8. The highest BCUT2D eigenvalue weighted by molar-refractivity contribution is 6.31. The maximum atomic E-state index is 14.1. The van der Waals surface area contributed by atoms with Crippen molar-refractivity contribution in [3.8, 4) is 0 Å². The molecule has 0 bridgehead atoms. The monoisotopic (exact) mass is 640 g/mol. The molecule has 0 radical (unpaired) electrons. The fourth-order valence-electron chi connectivity index (χ4n) is 6.90. The average molecular weight is 642 g/mol. The molecule has 2 fully saturated rings. The van der Waals surface area contributed by atoms with Crippen LogP contribution in [0.15, 0.2) is 87.7 Å². The zero-order valence-corrected chi connectivity index (χ0v) is 26.2. The van der Waals surface area contributed by atoms with Crippen LogP contribution in [-0.4, -0.2) is 52.1 Å². The molecule has 9 nitrogen and oxygen atoms in total. The predicted molar refractivity (Wildman–Crippen MR) is 173 cm³/mol. The van der Waals surface area contributed by atoms with Crippen LogP contribution in [0.25, 0.3) is 6.08 Å². The quantitative estimate of drug-likeness (QED) is 0.289. The minimum Gasteiger partial charge on any atom is -0.271 e. The molecule has 0 unspecified atom stereocenters. The van der Waals surface area contributed by atoms with E-state index in [-0.39, 0.29) is 24.4 Å². The highest BCUT2D eigenvalue weighted by atomic mass is 35.5. The number of imide groups is 1. The Balaban J connectivity index is 1.19. The number of rotatable bonds is 5. The number of carbonyl (C=O) groups is 3. The summed E-state index contributed by atoms with van der Waals surface area (Å²) in [6, 6.07) is 18.4. The first-order chi connectivity index (χ1) is 21.7. The molecule has 0 spiro atoms. The summed E-state index contributed by atoms with van der Waals surface area (Å²) < 4.78 is 0. The Labute approximate surface area is 270 Å². The molecular weight excluding hydrogens is 611 g/mol. The second-order valence-electron chi connectivity index (χ2n) is 11.9. The number of halogens is 2. The predicted octanol–water partition coefficient (Wildman–Crippen LogP) is 6.73. The van der Waals surface area contributed by atoms with Crippen molar-refractivity contribution in [3.63, 3.8) is 0 Å². The van der Waals surface area contributed by atoms with Gasteiger partial charge >= 0.3 is 0 Å². The zero-order chi connectivity index (χ0) is 31.4. The van der Waals surface area contributed by atoms with E-state index in [9.17, 15) is 14.4 Å². The van der Waals surface area contributed by atoms with Crippen molar-refractivity contribution in [2.75, 3.05) is 11.4 Å². The molecule has 1 saturated heterocycles. The standard InChI is InChI=1S/C34H30Cl2N6O3/c1-19-5-3-6-20(2)30(19)41-33(44)29-32(34(41)45)40(39-37-29)18-27(43)42-31(22-11-15-25(36)16-12-22)26-8-4-7-23(28(26)38-42)17-21-9-13-24(35)14-10-21/h3,5-6,9-17,26,29,31-32H,4,7-8,18H2,1-2H3/b23-17+/t26-,29+,31-,32+/m1/s1. The molecule has 1 saturated carbocycles. The van der Waals surface area contributed by atoms with Crippen molar-refractivity contribution in [2.24, 2.45) is 21.4 Å². The Morgan fingerprint density at radius 1 is 0.911 bits per heavy atom. The van der Waals surface area contributed by atoms with Gasteiger partial charge in [0, 0.05) is 16.0 Å². The van der Waals surface area contributed by atoms with Crippen LogP contribution in [0.4, 0.5) is 5.69 Å². The molecule has 1 aliphatic carbocycles. The smallest absolute Gasteiger partial charge is 0.264 e. The third kappa shape index (κ3) is 5.14. The Morgan fingerprint density at radius 3 is 2.27 bits per heavy atom. The van der Waals surface area contributed by atoms with Gasteiger partial charge in [0.05, 0.1) is 17.4 Å². The van der Waals surface area contributed by atoms with Crippen molar-refractivity contribution in [2.45, 2.75) is 51.2 Å². The number of anilines is 1. The Hall–Kier alpha value is -4.34. The summed E-state index contributed by atoms with van der Waals surface area (Å²) in [4.78, 5) is 42.5. The van der Waals surface area contributed by atoms with Gasteiger partial charge in [-0.1, -0.05) is 70.9 Å². The van der Waals surface area contributed by atoms with E-state index in [0.29, 0.717) is 15.7 Å². The molecule has 4 aliphatic rings. The fraction of sp³-hybridized carbons (Fsp3) is 0.294. The highest BCUT2D eigenvalue weighted by Gasteiger charge is 2.56. The molecule has 0 N–H and O–H groups in total. The number of para-hydroxylation sites is 1. The van der Waals surface area contributed by atoms with E-state index >= 15 is 0 Å². The SMILES string of the molecule is Cc1cccc(C)c1N1C(=O)[C@H]2N=NN(CC(=O)N3N=C4/C(=C/c5ccc(Cl)cc5)CCC[C@H]4[C@H]3c3ccc(Cl)cc3)[C@@H]2C1=O. The van der Waals surface area contributed by atoms with Crippen LogP contribution in [0.2, 0.25) is 10.0 Å². The number of hydrazone groups is 1. The van der Waals surface area contributed by atoms with Crippen molar-refractivity contribution in [1.82, 2.24) is 10.0 Å². The summed E-state index contributed by atoms with van der Waals surface area (Å²) in [6.45, 7) is 3.46. The Kier molecular flexibility index (Phi) is 7.54. The maximum Gasteiger partial charge on any atom is 0.264 e. The van der Waals surface area contributed by atoms with Crippen LogP contribution in [0.3, 0.4) is 0 Å². The lowest BCUT2D eigenvalue weighted by Crippen LogP contribution is -2.45. The maximum absolute atomic E-state index is 14.1. The summed E-state index contributed by atoms with van der Waals surface area (Å²) in [7, 11) is 0. The van der Waals surface area contributed by atoms with Gasteiger partial charge < -0.3 is 0 Å². The molecule has 3 aromatic carbocycles. The molecule has 228 valence electrons. The number of amides is 3. The van der Waals surface area contributed by atoms with Crippen molar-refractivity contribution in [3.05, 3.63) is 105 Å². The third-order valence-electron chi connectivity index (χ3n) is 9.00. The van der Waals surface area contributed by atoms with E-state index < -0.39 is 23.9 Å². The lowest BCUT2D eigenvalue weighted by Gasteiger charge is -2.30. The first-order valence-electron chi connectivity index (χ1n) is 15.0. The van der Waals surface area contributed by atoms with Crippen molar-refractivity contribution >= 4 is 58.4 Å². The number of hydrogen-bond donors (Lipinski definition) is 0. The Bertz CT molecular complexity index is 1780. The van der Waals surface area contributed by atoms with Crippen LogP contribution in [0.1, 0.15) is 47.6 Å². The number of allylic oxidation sites excluding steroid dienone is 1. The number of fused-ring (bicyclic) bond motifs is 2. The van der Waals surface area contributed by atoms with Crippen LogP contribution >= 0.6 is 23.2 Å². The van der Waals surface area contributed by atoms with Gasteiger partial charge in [-0.05, 0) is 91.3 Å². The molecule has 7 rings (SSSR count). The Morgan fingerprint density at radius 2 is 1.58 bits per heavy atom. The summed E-state index contributed by atoms with van der Waals surface area (Å²) >= 11 is 12.3. The van der Waals surface area contributed by atoms with Gasteiger partial charge in [-0.25, -0.2) is 9.91 Å². The van der Waals surface area contributed by atoms with Crippen molar-refractivity contribution < 1.29 is 14.4 Å². The van der Waals surface area contributed by atoms with Gasteiger partial charge in [-0.15, -0.1) is 0 Å². The molecule has 3 aromatic rings. The van der Waals surface area contributed by atoms with E-state index in [1.54, 1.807) is 0 Å². The second-order valence-corrected chi connectivity index (χ2v) is 12.8. The molecule has 0 aromatic heterocycles. The third-order valence-corrected chi connectivity index (χ3v) is 9.50. The summed E-state index contributed by atoms with van der Waals surface area (Å²) in [5, 5.41) is 17.4. The largest absolute Gasteiger partial charge is 0.271 e. The lowest BCUT2D eigenvalue weighted by molar-refractivity contribution is -0.136. The highest BCUT2D eigenvalue weighted by Crippen LogP contribution is 2.45. The van der Waals surface area contributed by atoms with Crippen molar-refractivity contribution in [1.29, 1.82) is 0 Å². The molecule has 11 heteroatoms. The fourth-order valence-corrected chi connectivity index (χ4v) is 7.16. The van der Waals surface area contributed by atoms with E-state index in [4.69, 9.17) is 28.3 Å². The number of carbonyl (C=O) groups excluding carboxylic acids is 3. The van der Waals surface area contributed by atoms with E-state index in [0.717, 1.165) is 52.8 Å². The first kappa shape index (κ1) is 29.4. The van der Waals surface area contributed by atoms with Crippen LogP contribution in [-0.2, 0) is 14.4 Å². The molecular formula is C34H30Cl2N6O3. The van der Waals surface area contributed by atoms with Crippen LogP contribution in [0, 0.1) is 19.8 Å². The van der Waals surface area contributed by atoms with Gasteiger partial charge in [0.15, 0.2) is 12.1 Å². The minimum atomic E-state index is -1.00. The summed E-state index contributed by atoms with van der Waals surface area (Å²) in [5.74, 6) is -1.24. The molecule has 3 aliphatic heterocycles. The minimum absolute atomic E-state index is 0.0235. The lowest BCUT2D eigenvalue weighted by atomic mass is 9.77. The van der Waals surface area contributed by atoms with Crippen LogP contribution in [0.5, 0.6) is 0 Å². The molecule has 45 heavy (non-hydrogen) atoms.